The Hall–Kier alpha value is -2.45. The Morgan fingerprint density at radius 2 is 1.85 bits per heavy atom. The molecular weight excluding hydrogens is 464 g/mol. The van der Waals surface area contributed by atoms with Crippen molar-refractivity contribution in [2.45, 2.75) is 0 Å². The van der Waals surface area contributed by atoms with Crippen LogP contribution in [0.25, 0.3) is 0 Å². The van der Waals surface area contributed by atoms with Crippen LogP contribution in [-0.2, 0) is 0 Å². The maximum Gasteiger partial charge on any atom is 0.233 e. The third-order valence-corrected chi connectivity index (χ3v) is 4.46. The SMILES string of the molecule is COc1ccc(Nc2ccc(N=Cc3cc(Br)cc(Br)c3O)cc2)nn1. The second-order valence-electron chi connectivity index (χ2n) is 5.22. The molecule has 0 fully saturated rings. The molecule has 0 bridgehead atoms. The first kappa shape index (κ1) is 18.3. The molecule has 0 atom stereocenters. The summed E-state index contributed by atoms with van der Waals surface area (Å²) in [5, 5.41) is 21.1. The van der Waals surface area contributed by atoms with Crippen LogP contribution in [-0.4, -0.2) is 28.6 Å². The number of anilines is 2. The number of methoxy groups -OCH3 is 1. The van der Waals surface area contributed by atoms with Crippen LogP contribution < -0.4 is 10.1 Å². The molecule has 8 heteroatoms. The summed E-state index contributed by atoms with van der Waals surface area (Å²) in [5.74, 6) is 1.22. The van der Waals surface area contributed by atoms with Gasteiger partial charge in [0.1, 0.15) is 5.75 Å². The number of aliphatic imine (C=N–C) groups is 1. The smallest absolute Gasteiger partial charge is 0.233 e. The van der Waals surface area contributed by atoms with E-state index in [2.05, 4.69) is 52.4 Å². The topological polar surface area (TPSA) is 79.6 Å². The maximum absolute atomic E-state index is 10.1. The summed E-state index contributed by atoms with van der Waals surface area (Å²) in [4.78, 5) is 4.39. The number of nitrogens with one attached hydrogen (secondary N) is 1. The molecule has 1 aromatic heterocycles. The average molecular weight is 478 g/mol. The van der Waals surface area contributed by atoms with Crippen LogP contribution in [0, 0.1) is 0 Å². The van der Waals surface area contributed by atoms with Gasteiger partial charge in [-0.2, -0.15) is 0 Å². The quantitative estimate of drug-likeness (QED) is 0.493. The van der Waals surface area contributed by atoms with Gasteiger partial charge in [0.05, 0.1) is 17.3 Å². The highest BCUT2D eigenvalue weighted by Gasteiger charge is 2.05. The summed E-state index contributed by atoms with van der Waals surface area (Å²) in [5.41, 5.74) is 2.23. The fourth-order valence-electron chi connectivity index (χ4n) is 2.10. The van der Waals surface area contributed by atoms with E-state index in [0.29, 0.717) is 21.7 Å². The third-order valence-electron chi connectivity index (χ3n) is 3.40. The van der Waals surface area contributed by atoms with Gasteiger partial charge in [-0.15, -0.1) is 10.2 Å². The van der Waals surface area contributed by atoms with E-state index in [1.807, 2.05) is 24.3 Å². The summed E-state index contributed by atoms with van der Waals surface area (Å²) in [6.45, 7) is 0. The number of ether oxygens (including phenoxy) is 1. The van der Waals surface area contributed by atoms with Crippen molar-refractivity contribution in [2.75, 3.05) is 12.4 Å². The van der Waals surface area contributed by atoms with Crippen LogP contribution in [0.1, 0.15) is 5.56 Å². The Labute approximate surface area is 167 Å². The van der Waals surface area contributed by atoms with E-state index >= 15 is 0 Å². The van der Waals surface area contributed by atoms with Gasteiger partial charge < -0.3 is 15.2 Å². The molecule has 6 nitrogen and oxygen atoms in total. The summed E-state index contributed by atoms with van der Waals surface area (Å²) in [6.07, 6.45) is 1.61. The fraction of sp³-hybridized carbons (Fsp3) is 0.0556. The Bertz CT molecular complexity index is 929. The summed E-state index contributed by atoms with van der Waals surface area (Å²) < 4.78 is 6.44. The van der Waals surface area contributed by atoms with Crippen molar-refractivity contribution >= 4 is 55.3 Å². The van der Waals surface area contributed by atoms with Crippen LogP contribution >= 0.6 is 31.9 Å². The second kappa shape index (κ2) is 8.29. The van der Waals surface area contributed by atoms with Crippen LogP contribution in [0.2, 0.25) is 0 Å². The van der Waals surface area contributed by atoms with Gasteiger partial charge in [0.2, 0.25) is 5.88 Å². The van der Waals surface area contributed by atoms with Gasteiger partial charge in [0.25, 0.3) is 0 Å². The first-order valence-corrected chi connectivity index (χ1v) is 9.10. The minimum Gasteiger partial charge on any atom is -0.506 e. The van der Waals surface area contributed by atoms with Gasteiger partial charge in [0.15, 0.2) is 5.82 Å². The van der Waals surface area contributed by atoms with Gasteiger partial charge in [-0.3, -0.25) is 4.99 Å². The van der Waals surface area contributed by atoms with Crippen molar-refractivity contribution in [3.63, 3.8) is 0 Å². The molecule has 0 amide bonds. The van der Waals surface area contributed by atoms with Gasteiger partial charge in [-0.25, -0.2) is 0 Å². The predicted molar refractivity (Wildman–Crippen MR) is 109 cm³/mol. The lowest BCUT2D eigenvalue weighted by atomic mass is 10.2. The molecule has 0 aliphatic rings. The number of aromatic nitrogens is 2. The number of phenolic OH excluding ortho intramolecular Hbond substituents is 1. The first-order valence-electron chi connectivity index (χ1n) is 7.52. The standard InChI is InChI=1S/C18H14Br2N4O2/c1-26-17-7-6-16(23-24-17)22-14-4-2-13(3-5-14)21-10-11-8-12(19)9-15(20)18(11)25/h2-10,25H,1H3,(H,22,23). The Balaban J connectivity index is 1.71. The monoisotopic (exact) mass is 476 g/mol. The Morgan fingerprint density at radius 3 is 2.50 bits per heavy atom. The highest BCUT2D eigenvalue weighted by Crippen LogP contribution is 2.31. The number of nitrogens with zero attached hydrogens (tertiary/aromatic N) is 3. The zero-order valence-electron chi connectivity index (χ0n) is 13.6. The van der Waals surface area contributed by atoms with E-state index < -0.39 is 0 Å². The summed E-state index contributed by atoms with van der Waals surface area (Å²) in [7, 11) is 1.54. The highest BCUT2D eigenvalue weighted by atomic mass is 79.9. The third kappa shape index (κ3) is 4.59. The van der Waals surface area contributed by atoms with E-state index in [-0.39, 0.29) is 5.75 Å². The van der Waals surface area contributed by atoms with Gasteiger partial charge in [-0.05, 0) is 58.4 Å². The van der Waals surface area contributed by atoms with Crippen molar-refractivity contribution in [2.24, 2.45) is 4.99 Å². The largest absolute Gasteiger partial charge is 0.506 e. The van der Waals surface area contributed by atoms with Gasteiger partial charge >= 0.3 is 0 Å². The lowest BCUT2D eigenvalue weighted by Crippen LogP contribution is -1.96. The normalized spacial score (nSPS) is 10.9. The number of rotatable bonds is 5. The molecule has 1 heterocycles. The van der Waals surface area contributed by atoms with E-state index in [1.165, 1.54) is 0 Å². The van der Waals surface area contributed by atoms with Crippen molar-refractivity contribution in [1.82, 2.24) is 10.2 Å². The van der Waals surface area contributed by atoms with Crippen molar-refractivity contribution < 1.29 is 9.84 Å². The average Bonchev–Trinajstić information content (AvgIpc) is 2.65. The zero-order valence-corrected chi connectivity index (χ0v) is 16.8. The Kier molecular flexibility index (Phi) is 5.85. The molecule has 0 spiro atoms. The highest BCUT2D eigenvalue weighted by molar-refractivity contribution is 9.11. The van der Waals surface area contributed by atoms with Crippen molar-refractivity contribution in [1.29, 1.82) is 0 Å². The number of hydrogen-bond donors (Lipinski definition) is 2. The summed E-state index contributed by atoms with van der Waals surface area (Å²) in [6, 6.07) is 14.6. The molecule has 0 saturated carbocycles. The van der Waals surface area contributed by atoms with E-state index in [4.69, 9.17) is 4.74 Å². The molecule has 3 aromatic rings. The number of phenols is 1. The number of benzene rings is 2. The number of hydrogen-bond acceptors (Lipinski definition) is 6. The number of halogens is 2. The van der Waals surface area contributed by atoms with E-state index in [1.54, 1.807) is 37.6 Å². The first-order chi connectivity index (χ1) is 12.5. The van der Waals surface area contributed by atoms with E-state index in [9.17, 15) is 5.11 Å². The van der Waals surface area contributed by atoms with Crippen LogP contribution in [0.15, 0.2) is 62.5 Å². The minimum absolute atomic E-state index is 0.147. The molecule has 0 aliphatic carbocycles. The molecule has 0 unspecified atom stereocenters. The molecular formula is C18H14Br2N4O2. The minimum atomic E-state index is 0.147. The molecule has 26 heavy (non-hydrogen) atoms. The molecule has 0 radical (unpaired) electrons. The zero-order chi connectivity index (χ0) is 18.5. The Morgan fingerprint density at radius 1 is 1.08 bits per heavy atom. The molecule has 3 rings (SSSR count). The van der Waals surface area contributed by atoms with Gasteiger partial charge in [0, 0.05) is 28.0 Å². The number of aromatic hydroxyl groups is 1. The fourth-order valence-corrected chi connectivity index (χ4v) is 3.36. The molecule has 0 aliphatic heterocycles. The molecule has 132 valence electrons. The second-order valence-corrected chi connectivity index (χ2v) is 6.99. The van der Waals surface area contributed by atoms with Crippen molar-refractivity contribution in [3.8, 4) is 11.6 Å². The molecule has 2 aromatic carbocycles. The van der Waals surface area contributed by atoms with Crippen LogP contribution in [0.5, 0.6) is 11.6 Å². The lowest BCUT2D eigenvalue weighted by Gasteiger charge is -2.06. The predicted octanol–water partition coefficient (Wildman–Crippen LogP) is 5.21. The summed E-state index contributed by atoms with van der Waals surface area (Å²) >= 11 is 6.70. The maximum atomic E-state index is 10.1. The van der Waals surface area contributed by atoms with E-state index in [0.717, 1.165) is 15.8 Å². The van der Waals surface area contributed by atoms with Crippen LogP contribution in [0.3, 0.4) is 0 Å². The van der Waals surface area contributed by atoms with Crippen molar-refractivity contribution in [3.05, 3.63) is 63.0 Å². The molecule has 2 N–H and O–H groups in total. The molecule has 0 saturated heterocycles. The van der Waals surface area contributed by atoms with Crippen LogP contribution in [0.4, 0.5) is 17.2 Å². The lowest BCUT2D eigenvalue weighted by molar-refractivity contribution is 0.392. The van der Waals surface area contributed by atoms with Gasteiger partial charge in [-0.1, -0.05) is 15.9 Å².